The molecule has 1 amide bonds. The molecule has 1 saturated heterocycles. The first-order chi connectivity index (χ1) is 13.8. The highest BCUT2D eigenvalue weighted by molar-refractivity contribution is 7.91. The number of sulfone groups is 1. The summed E-state index contributed by atoms with van der Waals surface area (Å²) in [7, 11) is -3.10. The second kappa shape index (κ2) is 7.26. The van der Waals surface area contributed by atoms with Crippen LogP contribution in [0.25, 0.3) is 22.4 Å². The summed E-state index contributed by atoms with van der Waals surface area (Å²) in [5, 5.41) is 4.56. The predicted molar refractivity (Wildman–Crippen MR) is 110 cm³/mol. The Hall–Kier alpha value is -2.74. The normalized spacial score (nSPS) is 18.2. The summed E-state index contributed by atoms with van der Waals surface area (Å²) in [6.07, 6.45) is 0.462. The first-order valence-corrected chi connectivity index (χ1v) is 11.5. The molecule has 8 heteroatoms. The van der Waals surface area contributed by atoms with E-state index in [4.69, 9.17) is 4.52 Å². The Bertz CT molecular complexity index is 1180. The maximum atomic E-state index is 13.5. The number of carbonyl (C=O) groups is 1. The van der Waals surface area contributed by atoms with Gasteiger partial charge in [-0.25, -0.2) is 13.4 Å². The van der Waals surface area contributed by atoms with E-state index < -0.39 is 9.84 Å². The van der Waals surface area contributed by atoms with Crippen LogP contribution >= 0.6 is 0 Å². The highest BCUT2D eigenvalue weighted by Crippen LogP contribution is 2.29. The van der Waals surface area contributed by atoms with Crippen molar-refractivity contribution in [2.75, 3.05) is 18.1 Å². The minimum Gasteiger partial charge on any atom is -0.335 e. The van der Waals surface area contributed by atoms with Crippen LogP contribution in [0.4, 0.5) is 0 Å². The van der Waals surface area contributed by atoms with Crippen LogP contribution in [-0.2, 0) is 9.84 Å². The summed E-state index contributed by atoms with van der Waals surface area (Å²) in [4.78, 5) is 19.7. The van der Waals surface area contributed by atoms with Crippen LogP contribution in [0.3, 0.4) is 0 Å². The van der Waals surface area contributed by atoms with Crippen LogP contribution in [0.1, 0.15) is 35.0 Å². The first kappa shape index (κ1) is 19.6. The van der Waals surface area contributed by atoms with E-state index in [0.29, 0.717) is 41.0 Å². The fourth-order valence-electron chi connectivity index (χ4n) is 3.88. The van der Waals surface area contributed by atoms with Gasteiger partial charge in [0.25, 0.3) is 11.6 Å². The fraction of sp³-hybridized carbons (Fsp3) is 0.381. The van der Waals surface area contributed by atoms with Gasteiger partial charge in [0.2, 0.25) is 0 Å². The minimum absolute atomic E-state index is 0.00818. The third-order valence-corrected chi connectivity index (χ3v) is 7.20. The van der Waals surface area contributed by atoms with E-state index in [2.05, 4.69) is 10.1 Å². The van der Waals surface area contributed by atoms with Crippen LogP contribution in [0.15, 0.2) is 34.9 Å². The van der Waals surface area contributed by atoms with Gasteiger partial charge in [-0.3, -0.25) is 4.79 Å². The van der Waals surface area contributed by atoms with Gasteiger partial charge in [-0.2, -0.15) is 0 Å². The molecule has 0 bridgehead atoms. The van der Waals surface area contributed by atoms with Gasteiger partial charge in [0.1, 0.15) is 0 Å². The quantitative estimate of drug-likeness (QED) is 0.652. The Morgan fingerprint density at radius 2 is 1.97 bits per heavy atom. The van der Waals surface area contributed by atoms with Crippen molar-refractivity contribution in [2.45, 2.75) is 33.2 Å². The average molecular weight is 413 g/mol. The smallest absolute Gasteiger partial charge is 0.259 e. The standard InChI is InChI=1S/C21H23N3O4S/c1-4-24(16-9-10-29(26,27)12-16)21(25)17-11-18(15-7-5-13(2)6-8-15)22-20-19(17)14(3)23-28-20/h5-8,11,16H,4,9-10,12H2,1-3H3. The molecule has 0 spiro atoms. The maximum absolute atomic E-state index is 13.5. The topological polar surface area (TPSA) is 93.4 Å². The van der Waals surface area contributed by atoms with Crippen LogP contribution in [0.5, 0.6) is 0 Å². The summed E-state index contributed by atoms with van der Waals surface area (Å²) in [5.74, 6) is -0.0933. The van der Waals surface area contributed by atoms with Gasteiger partial charge < -0.3 is 9.42 Å². The van der Waals surface area contributed by atoms with Crippen LogP contribution in [0, 0.1) is 13.8 Å². The van der Waals surface area contributed by atoms with Crippen molar-refractivity contribution < 1.29 is 17.7 Å². The van der Waals surface area contributed by atoms with Crippen molar-refractivity contribution in [3.05, 3.63) is 47.2 Å². The van der Waals surface area contributed by atoms with Crippen LogP contribution in [-0.4, -0.2) is 53.5 Å². The molecule has 29 heavy (non-hydrogen) atoms. The number of amides is 1. The molecule has 0 N–H and O–H groups in total. The summed E-state index contributed by atoms with van der Waals surface area (Å²) >= 11 is 0. The maximum Gasteiger partial charge on any atom is 0.259 e. The Labute approximate surface area is 169 Å². The van der Waals surface area contributed by atoms with Crippen molar-refractivity contribution in [3.63, 3.8) is 0 Å². The van der Waals surface area contributed by atoms with Crippen LogP contribution < -0.4 is 0 Å². The summed E-state index contributed by atoms with van der Waals surface area (Å²) in [6, 6.07) is 9.30. The van der Waals surface area contributed by atoms with Gasteiger partial charge >= 0.3 is 0 Å². The number of aryl methyl sites for hydroxylation is 2. The molecule has 0 saturated carbocycles. The van der Waals surface area contributed by atoms with Gasteiger partial charge in [-0.15, -0.1) is 0 Å². The number of rotatable bonds is 4. The van der Waals surface area contributed by atoms with Crippen molar-refractivity contribution in [3.8, 4) is 11.3 Å². The zero-order chi connectivity index (χ0) is 20.8. The molecule has 2 aromatic heterocycles. The lowest BCUT2D eigenvalue weighted by molar-refractivity contribution is 0.0710. The molecule has 7 nitrogen and oxygen atoms in total. The van der Waals surface area contributed by atoms with Crippen molar-refractivity contribution >= 4 is 26.8 Å². The molecule has 4 rings (SSSR count). The van der Waals surface area contributed by atoms with E-state index in [1.54, 1.807) is 17.9 Å². The van der Waals surface area contributed by atoms with E-state index in [9.17, 15) is 13.2 Å². The molecule has 1 atom stereocenters. The average Bonchev–Trinajstić information content (AvgIpc) is 3.24. The molecule has 152 valence electrons. The van der Waals surface area contributed by atoms with E-state index in [1.165, 1.54) is 0 Å². The molecule has 1 aliphatic heterocycles. The number of pyridine rings is 1. The van der Waals surface area contributed by atoms with Gasteiger partial charge in [-0.05, 0) is 33.3 Å². The van der Waals surface area contributed by atoms with Gasteiger partial charge in [0.05, 0.1) is 33.8 Å². The molecule has 1 aliphatic rings. The lowest BCUT2D eigenvalue weighted by Gasteiger charge is -2.27. The Morgan fingerprint density at radius 1 is 1.24 bits per heavy atom. The number of benzene rings is 1. The monoisotopic (exact) mass is 413 g/mol. The molecule has 1 fully saturated rings. The number of hydrogen-bond acceptors (Lipinski definition) is 6. The highest BCUT2D eigenvalue weighted by atomic mass is 32.2. The van der Waals surface area contributed by atoms with Gasteiger partial charge in [0.15, 0.2) is 9.84 Å². The van der Waals surface area contributed by atoms with E-state index in [-0.39, 0.29) is 23.5 Å². The fourth-order valence-corrected chi connectivity index (χ4v) is 5.61. The second-order valence-corrected chi connectivity index (χ2v) is 9.75. The molecular weight excluding hydrogens is 390 g/mol. The van der Waals surface area contributed by atoms with Gasteiger partial charge in [-0.1, -0.05) is 35.0 Å². The van der Waals surface area contributed by atoms with Crippen molar-refractivity contribution in [1.29, 1.82) is 0 Å². The Morgan fingerprint density at radius 3 is 2.59 bits per heavy atom. The van der Waals surface area contributed by atoms with E-state index in [1.807, 2.05) is 38.1 Å². The summed E-state index contributed by atoms with van der Waals surface area (Å²) in [6.45, 7) is 6.06. The van der Waals surface area contributed by atoms with Crippen molar-refractivity contribution in [2.24, 2.45) is 0 Å². The molecule has 3 aromatic rings. The molecule has 1 aromatic carbocycles. The number of hydrogen-bond donors (Lipinski definition) is 0. The third-order valence-electron chi connectivity index (χ3n) is 5.45. The zero-order valence-corrected chi connectivity index (χ0v) is 17.5. The highest BCUT2D eigenvalue weighted by Gasteiger charge is 2.35. The van der Waals surface area contributed by atoms with E-state index in [0.717, 1.165) is 11.1 Å². The third kappa shape index (κ3) is 3.64. The lowest BCUT2D eigenvalue weighted by Crippen LogP contribution is -2.41. The lowest BCUT2D eigenvalue weighted by atomic mass is 10.0. The van der Waals surface area contributed by atoms with E-state index >= 15 is 0 Å². The number of aromatic nitrogens is 2. The summed E-state index contributed by atoms with van der Waals surface area (Å²) in [5.41, 5.74) is 3.94. The number of fused-ring (bicyclic) bond motifs is 1. The zero-order valence-electron chi connectivity index (χ0n) is 16.7. The van der Waals surface area contributed by atoms with Crippen LogP contribution in [0.2, 0.25) is 0 Å². The molecule has 1 unspecified atom stereocenters. The molecular formula is C21H23N3O4S. The molecule has 0 aliphatic carbocycles. The SMILES string of the molecule is CCN(C(=O)c1cc(-c2ccc(C)cc2)nc2onc(C)c12)C1CCS(=O)(=O)C1. The predicted octanol–water partition coefficient (Wildman–Crippen LogP) is 3.16. The minimum atomic E-state index is -3.10. The second-order valence-electron chi connectivity index (χ2n) is 7.52. The van der Waals surface area contributed by atoms with Gasteiger partial charge in [0, 0.05) is 18.2 Å². The Kier molecular flexibility index (Phi) is 4.90. The summed E-state index contributed by atoms with van der Waals surface area (Å²) < 4.78 is 29.2. The first-order valence-electron chi connectivity index (χ1n) is 9.64. The number of carbonyl (C=O) groups excluding carboxylic acids is 1. The Balaban J connectivity index is 1.81. The number of nitrogens with zero attached hydrogens (tertiary/aromatic N) is 3. The van der Waals surface area contributed by atoms with Crippen molar-refractivity contribution in [1.82, 2.24) is 15.0 Å². The molecule has 3 heterocycles. The molecule has 0 radical (unpaired) electrons. The largest absolute Gasteiger partial charge is 0.335 e.